The van der Waals surface area contributed by atoms with E-state index in [1.165, 1.54) is 49.6 Å². The van der Waals surface area contributed by atoms with Crippen LogP contribution in [0, 0.1) is 0 Å². The fraction of sp³-hybridized carbons (Fsp3) is 0.786. The van der Waals surface area contributed by atoms with Crippen molar-refractivity contribution >= 4 is 11.3 Å². The zero-order chi connectivity index (χ0) is 12.8. The van der Waals surface area contributed by atoms with Gasteiger partial charge in [0.25, 0.3) is 0 Å². The summed E-state index contributed by atoms with van der Waals surface area (Å²) in [5, 5.41) is 7.02. The topological polar surface area (TPSA) is 28.2 Å². The maximum atomic E-state index is 4.64. The third-order valence-corrected chi connectivity index (χ3v) is 4.65. The van der Waals surface area contributed by atoms with Crippen LogP contribution < -0.4 is 5.32 Å². The first-order valence-electron chi connectivity index (χ1n) is 7.19. The number of piperidine rings is 1. The number of aromatic nitrogens is 1. The highest BCUT2D eigenvalue weighted by Crippen LogP contribution is 2.16. The van der Waals surface area contributed by atoms with E-state index in [1.54, 1.807) is 11.3 Å². The highest BCUT2D eigenvalue weighted by atomic mass is 32.1. The highest BCUT2D eigenvalue weighted by Gasteiger charge is 2.11. The molecule has 0 aliphatic carbocycles. The second-order valence-corrected chi connectivity index (χ2v) is 6.04. The number of rotatable bonds is 6. The molecule has 1 saturated heterocycles. The van der Waals surface area contributed by atoms with Gasteiger partial charge in [-0.2, -0.15) is 0 Å². The maximum absolute atomic E-state index is 4.64. The molecule has 0 aromatic carbocycles. The molecule has 0 bridgehead atoms. The lowest BCUT2D eigenvalue weighted by molar-refractivity contribution is 0.227. The van der Waals surface area contributed by atoms with E-state index in [4.69, 9.17) is 0 Å². The van der Waals surface area contributed by atoms with Gasteiger partial charge in [-0.15, -0.1) is 11.3 Å². The van der Waals surface area contributed by atoms with Gasteiger partial charge in [-0.25, -0.2) is 4.98 Å². The van der Waals surface area contributed by atoms with Crippen molar-refractivity contribution in [2.45, 2.75) is 45.6 Å². The molecule has 1 atom stereocenters. The number of thiazole rings is 1. The van der Waals surface area contributed by atoms with Gasteiger partial charge in [0.05, 0.1) is 10.7 Å². The molecule has 1 aliphatic heterocycles. The van der Waals surface area contributed by atoms with Crippen LogP contribution in [0.3, 0.4) is 0 Å². The van der Waals surface area contributed by atoms with Gasteiger partial charge in [-0.05, 0) is 39.3 Å². The number of likely N-dealkylation sites (tertiary alicyclic amines) is 1. The van der Waals surface area contributed by atoms with E-state index in [1.807, 2.05) is 0 Å². The van der Waals surface area contributed by atoms with E-state index in [2.05, 4.69) is 34.4 Å². The molecule has 1 aromatic rings. The smallest absolute Gasteiger partial charge is 0.0926 e. The van der Waals surface area contributed by atoms with Crippen LogP contribution in [0.5, 0.6) is 0 Å². The average Bonchev–Trinajstić information content (AvgIpc) is 2.89. The van der Waals surface area contributed by atoms with Crippen LogP contribution >= 0.6 is 11.3 Å². The maximum Gasteiger partial charge on any atom is 0.0926 e. The molecule has 3 nitrogen and oxygen atoms in total. The summed E-state index contributed by atoms with van der Waals surface area (Å²) in [6.07, 6.45) is 5.22. The summed E-state index contributed by atoms with van der Waals surface area (Å²) in [5.41, 5.74) is 1.20. The van der Waals surface area contributed by atoms with E-state index in [0.717, 1.165) is 13.0 Å². The quantitative estimate of drug-likeness (QED) is 0.859. The molecule has 0 saturated carbocycles. The van der Waals surface area contributed by atoms with E-state index in [-0.39, 0.29) is 0 Å². The minimum absolute atomic E-state index is 0.381. The molecule has 1 aromatic heterocycles. The Morgan fingerprint density at radius 1 is 1.39 bits per heavy atom. The predicted octanol–water partition coefficient (Wildman–Crippen LogP) is 2.84. The lowest BCUT2D eigenvalue weighted by Crippen LogP contribution is -2.36. The largest absolute Gasteiger partial charge is 0.308 e. The zero-order valence-corrected chi connectivity index (χ0v) is 12.4. The normalized spacial score (nSPS) is 19.0. The van der Waals surface area contributed by atoms with Crippen molar-refractivity contribution in [1.82, 2.24) is 15.2 Å². The van der Waals surface area contributed by atoms with Gasteiger partial charge in [0.15, 0.2) is 0 Å². The monoisotopic (exact) mass is 267 g/mol. The molecule has 2 heterocycles. The molecule has 102 valence electrons. The third kappa shape index (κ3) is 4.04. The van der Waals surface area contributed by atoms with E-state index in [0.29, 0.717) is 6.04 Å². The molecule has 1 unspecified atom stereocenters. The van der Waals surface area contributed by atoms with Gasteiger partial charge >= 0.3 is 0 Å². The fourth-order valence-corrected chi connectivity index (χ4v) is 3.25. The summed E-state index contributed by atoms with van der Waals surface area (Å²) >= 11 is 1.78. The van der Waals surface area contributed by atoms with Gasteiger partial charge in [-0.1, -0.05) is 13.3 Å². The molecule has 0 amide bonds. The van der Waals surface area contributed by atoms with Gasteiger partial charge in [0.2, 0.25) is 0 Å². The standard InChI is InChI=1S/C14H25N3S/c1-3-14-16-13(11-18-14)12(2)15-7-10-17-8-5-4-6-9-17/h11-12,15H,3-10H2,1-2H3. The van der Waals surface area contributed by atoms with E-state index < -0.39 is 0 Å². The third-order valence-electron chi connectivity index (χ3n) is 3.64. The summed E-state index contributed by atoms with van der Waals surface area (Å²) in [5.74, 6) is 0. The van der Waals surface area contributed by atoms with Crippen molar-refractivity contribution in [2.24, 2.45) is 0 Å². The van der Waals surface area contributed by atoms with Crippen LogP contribution in [0.25, 0.3) is 0 Å². The second-order valence-electron chi connectivity index (χ2n) is 5.10. The molecule has 0 radical (unpaired) electrons. The van der Waals surface area contributed by atoms with Crippen molar-refractivity contribution in [2.75, 3.05) is 26.2 Å². The first-order valence-corrected chi connectivity index (χ1v) is 8.07. The molecule has 18 heavy (non-hydrogen) atoms. The number of hydrogen-bond donors (Lipinski definition) is 1. The SMILES string of the molecule is CCc1nc(C(C)NCCN2CCCCC2)cs1. The van der Waals surface area contributed by atoms with Crippen molar-refractivity contribution in [3.8, 4) is 0 Å². The minimum atomic E-state index is 0.381. The Kier molecular flexibility index (Phi) is 5.60. The van der Waals surface area contributed by atoms with Crippen molar-refractivity contribution in [1.29, 1.82) is 0 Å². The van der Waals surface area contributed by atoms with Gasteiger partial charge in [-0.3, -0.25) is 0 Å². The summed E-state index contributed by atoms with van der Waals surface area (Å²) in [6, 6.07) is 0.381. The van der Waals surface area contributed by atoms with Crippen molar-refractivity contribution in [3.63, 3.8) is 0 Å². The molecule has 1 aliphatic rings. The predicted molar refractivity (Wildman–Crippen MR) is 78.2 cm³/mol. The van der Waals surface area contributed by atoms with Crippen LogP contribution in [0.4, 0.5) is 0 Å². The summed E-state index contributed by atoms with van der Waals surface area (Å²) in [6.45, 7) is 9.19. The molecule has 0 spiro atoms. The summed E-state index contributed by atoms with van der Waals surface area (Å²) in [7, 11) is 0. The summed E-state index contributed by atoms with van der Waals surface area (Å²) < 4.78 is 0. The molecular formula is C14H25N3S. The van der Waals surface area contributed by atoms with Gasteiger partial charge < -0.3 is 10.2 Å². The average molecular weight is 267 g/mol. The molecule has 2 rings (SSSR count). The Morgan fingerprint density at radius 2 is 2.17 bits per heavy atom. The zero-order valence-electron chi connectivity index (χ0n) is 11.6. The van der Waals surface area contributed by atoms with Gasteiger partial charge in [0.1, 0.15) is 0 Å². The number of nitrogens with zero attached hydrogens (tertiary/aromatic N) is 2. The number of aryl methyl sites for hydroxylation is 1. The van der Waals surface area contributed by atoms with Crippen molar-refractivity contribution < 1.29 is 0 Å². The summed E-state index contributed by atoms with van der Waals surface area (Å²) in [4.78, 5) is 7.21. The van der Waals surface area contributed by atoms with Crippen molar-refractivity contribution in [3.05, 3.63) is 16.1 Å². The first-order chi connectivity index (χ1) is 8.79. The molecule has 1 fully saturated rings. The highest BCUT2D eigenvalue weighted by molar-refractivity contribution is 7.09. The Balaban J connectivity index is 1.69. The first kappa shape index (κ1) is 14.0. The number of hydrogen-bond acceptors (Lipinski definition) is 4. The minimum Gasteiger partial charge on any atom is -0.308 e. The van der Waals surface area contributed by atoms with Crippen LogP contribution in [-0.2, 0) is 6.42 Å². The van der Waals surface area contributed by atoms with E-state index in [9.17, 15) is 0 Å². The Bertz CT molecular complexity index is 345. The van der Waals surface area contributed by atoms with Crippen LogP contribution in [0.1, 0.15) is 49.9 Å². The Hall–Kier alpha value is -0.450. The van der Waals surface area contributed by atoms with Gasteiger partial charge in [0, 0.05) is 24.5 Å². The van der Waals surface area contributed by atoms with Crippen LogP contribution in [-0.4, -0.2) is 36.1 Å². The molecule has 1 N–H and O–H groups in total. The Morgan fingerprint density at radius 3 is 2.83 bits per heavy atom. The van der Waals surface area contributed by atoms with Crippen LogP contribution in [0.15, 0.2) is 5.38 Å². The van der Waals surface area contributed by atoms with Crippen LogP contribution in [0.2, 0.25) is 0 Å². The Labute approximate surface area is 115 Å². The second kappa shape index (κ2) is 7.22. The molecular weight excluding hydrogens is 242 g/mol. The molecule has 4 heteroatoms. The lowest BCUT2D eigenvalue weighted by atomic mass is 10.1. The van der Waals surface area contributed by atoms with E-state index >= 15 is 0 Å². The lowest BCUT2D eigenvalue weighted by Gasteiger charge is -2.26. The fourth-order valence-electron chi connectivity index (χ4n) is 2.41. The number of nitrogens with one attached hydrogen (secondary N) is 1.